The molecule has 1 aromatic rings. The third-order valence-electron chi connectivity index (χ3n) is 5.46. The number of likely N-dealkylation sites (tertiary alicyclic amines) is 1. The van der Waals surface area contributed by atoms with E-state index in [9.17, 15) is 9.59 Å². The second-order valence-corrected chi connectivity index (χ2v) is 8.29. The number of halogens is 1. The molecule has 7 heteroatoms. The zero-order valence-electron chi connectivity index (χ0n) is 16.2. The smallest absolute Gasteiger partial charge is 0.312 e. The lowest BCUT2D eigenvalue weighted by Gasteiger charge is -2.36. The predicted octanol–water partition coefficient (Wildman–Crippen LogP) is 2.51. The van der Waals surface area contributed by atoms with Crippen LogP contribution in [0.4, 0.5) is 0 Å². The van der Waals surface area contributed by atoms with Crippen LogP contribution in [0.2, 0.25) is 5.02 Å². The van der Waals surface area contributed by atoms with Gasteiger partial charge in [-0.25, -0.2) is 0 Å². The predicted molar refractivity (Wildman–Crippen MR) is 103 cm³/mol. The fraction of sp³-hybridized carbons (Fsp3) is 0.600. The maximum absolute atomic E-state index is 12.5. The summed E-state index contributed by atoms with van der Waals surface area (Å²) in [6, 6.07) is 5.33. The number of esters is 1. The van der Waals surface area contributed by atoms with Crippen LogP contribution < -0.4 is 4.74 Å². The van der Waals surface area contributed by atoms with Crippen LogP contribution in [0.3, 0.4) is 0 Å². The molecule has 0 aliphatic carbocycles. The largest absolute Gasteiger partial charge is 0.483 e. The monoisotopic (exact) mass is 394 g/mol. The molecule has 0 aromatic heterocycles. The summed E-state index contributed by atoms with van der Waals surface area (Å²) in [4.78, 5) is 28.7. The van der Waals surface area contributed by atoms with Crippen LogP contribution >= 0.6 is 11.6 Å². The first kappa shape index (κ1) is 20.0. The molecule has 2 heterocycles. The molecular weight excluding hydrogens is 368 g/mol. The number of amides is 1. The van der Waals surface area contributed by atoms with E-state index in [4.69, 9.17) is 21.1 Å². The SMILES string of the molecule is Cc1cc(Cl)ccc1OCC(=O)N1CCC2(CC1)CC(CN(C)C)OC2=O. The van der Waals surface area contributed by atoms with E-state index in [1.165, 1.54) is 0 Å². The summed E-state index contributed by atoms with van der Waals surface area (Å²) in [5.74, 6) is 0.497. The van der Waals surface area contributed by atoms with Crippen LogP contribution in [0.5, 0.6) is 5.75 Å². The number of hydrogen-bond acceptors (Lipinski definition) is 5. The Labute approximate surface area is 165 Å². The Kier molecular flexibility index (Phi) is 5.96. The van der Waals surface area contributed by atoms with Gasteiger partial charge in [-0.2, -0.15) is 0 Å². The third-order valence-corrected chi connectivity index (χ3v) is 5.69. The fourth-order valence-electron chi connectivity index (χ4n) is 3.94. The van der Waals surface area contributed by atoms with Gasteiger partial charge in [0.05, 0.1) is 5.41 Å². The Morgan fingerprint density at radius 2 is 2.07 bits per heavy atom. The number of hydrogen-bond donors (Lipinski definition) is 0. The Morgan fingerprint density at radius 1 is 1.37 bits per heavy atom. The lowest BCUT2D eigenvalue weighted by Crippen LogP contribution is -2.46. The number of aryl methyl sites for hydroxylation is 1. The summed E-state index contributed by atoms with van der Waals surface area (Å²) < 4.78 is 11.2. The molecule has 27 heavy (non-hydrogen) atoms. The molecule has 0 bridgehead atoms. The molecule has 2 fully saturated rings. The fourth-order valence-corrected chi connectivity index (χ4v) is 4.17. The van der Waals surface area contributed by atoms with Gasteiger partial charge in [0.15, 0.2) is 6.61 Å². The third kappa shape index (κ3) is 4.55. The van der Waals surface area contributed by atoms with Gasteiger partial charge in [0.1, 0.15) is 11.9 Å². The van der Waals surface area contributed by atoms with E-state index in [-0.39, 0.29) is 24.6 Å². The molecule has 0 radical (unpaired) electrons. The Balaban J connectivity index is 1.51. The van der Waals surface area contributed by atoms with Gasteiger partial charge in [-0.1, -0.05) is 11.6 Å². The number of piperidine rings is 1. The minimum absolute atomic E-state index is 0.0107. The summed E-state index contributed by atoms with van der Waals surface area (Å²) in [6.45, 7) is 3.75. The zero-order valence-corrected chi connectivity index (χ0v) is 16.9. The highest BCUT2D eigenvalue weighted by atomic mass is 35.5. The molecular formula is C20H27ClN2O4. The van der Waals surface area contributed by atoms with E-state index in [2.05, 4.69) is 0 Å². The number of cyclic esters (lactones) is 1. The summed E-state index contributed by atoms with van der Waals surface area (Å²) in [6.07, 6.45) is 2.00. The lowest BCUT2D eigenvalue weighted by molar-refractivity contribution is -0.153. The van der Waals surface area contributed by atoms with Crippen LogP contribution in [0, 0.1) is 12.3 Å². The molecule has 2 saturated heterocycles. The van der Waals surface area contributed by atoms with E-state index < -0.39 is 5.41 Å². The maximum atomic E-state index is 12.5. The van der Waals surface area contributed by atoms with Gasteiger partial charge in [0.2, 0.25) is 0 Å². The van der Waals surface area contributed by atoms with Gasteiger partial charge in [-0.3, -0.25) is 9.59 Å². The Bertz CT molecular complexity index is 714. The average Bonchev–Trinajstić information content (AvgIpc) is 2.88. The molecule has 1 amide bonds. The number of ether oxygens (including phenoxy) is 2. The van der Waals surface area contributed by atoms with Crippen molar-refractivity contribution in [3.8, 4) is 5.75 Å². The minimum atomic E-state index is -0.426. The molecule has 1 aromatic carbocycles. The average molecular weight is 395 g/mol. The summed E-state index contributed by atoms with van der Waals surface area (Å²) >= 11 is 5.94. The van der Waals surface area contributed by atoms with Gasteiger partial charge in [-0.15, -0.1) is 0 Å². The van der Waals surface area contributed by atoms with Crippen molar-refractivity contribution in [2.45, 2.75) is 32.3 Å². The first-order valence-electron chi connectivity index (χ1n) is 9.32. The van der Waals surface area contributed by atoms with Crippen molar-refractivity contribution in [3.63, 3.8) is 0 Å². The second-order valence-electron chi connectivity index (χ2n) is 7.85. The van der Waals surface area contributed by atoms with E-state index >= 15 is 0 Å². The van der Waals surface area contributed by atoms with Crippen LogP contribution in [-0.2, 0) is 14.3 Å². The number of carbonyl (C=O) groups excluding carboxylic acids is 2. The number of likely N-dealkylation sites (N-methyl/N-ethyl adjacent to an activating group) is 1. The molecule has 1 atom stereocenters. The van der Waals surface area contributed by atoms with Gasteiger partial charge in [0, 0.05) is 31.1 Å². The van der Waals surface area contributed by atoms with E-state index in [0.717, 1.165) is 18.5 Å². The number of nitrogens with zero attached hydrogens (tertiary/aromatic N) is 2. The Morgan fingerprint density at radius 3 is 2.70 bits per heavy atom. The number of benzene rings is 1. The van der Waals surface area contributed by atoms with Crippen molar-refractivity contribution in [1.29, 1.82) is 0 Å². The van der Waals surface area contributed by atoms with Crippen molar-refractivity contribution in [3.05, 3.63) is 28.8 Å². The van der Waals surface area contributed by atoms with E-state index in [1.54, 1.807) is 17.0 Å². The topological polar surface area (TPSA) is 59.1 Å². The van der Waals surface area contributed by atoms with Crippen LogP contribution in [0.15, 0.2) is 18.2 Å². The maximum Gasteiger partial charge on any atom is 0.312 e. The molecule has 6 nitrogen and oxygen atoms in total. The molecule has 2 aliphatic rings. The second kappa shape index (κ2) is 8.07. The van der Waals surface area contributed by atoms with Gasteiger partial charge >= 0.3 is 5.97 Å². The Hall–Kier alpha value is -1.79. The molecule has 1 spiro atoms. The number of carbonyl (C=O) groups is 2. The molecule has 0 saturated carbocycles. The standard InChI is InChI=1S/C20H27ClN2O4/c1-14-10-15(21)4-5-17(14)26-13-18(24)23-8-6-20(7-9-23)11-16(12-22(2)3)27-19(20)25/h4-5,10,16H,6-9,11-13H2,1-3H3. The highest BCUT2D eigenvalue weighted by molar-refractivity contribution is 6.30. The summed E-state index contributed by atoms with van der Waals surface area (Å²) in [7, 11) is 3.95. The molecule has 1 unspecified atom stereocenters. The van der Waals surface area contributed by atoms with Gasteiger partial charge < -0.3 is 19.3 Å². The van der Waals surface area contributed by atoms with Crippen molar-refractivity contribution < 1.29 is 19.1 Å². The summed E-state index contributed by atoms with van der Waals surface area (Å²) in [5.41, 5.74) is 0.471. The quantitative estimate of drug-likeness (QED) is 0.718. The van der Waals surface area contributed by atoms with Crippen molar-refractivity contribution >= 4 is 23.5 Å². The molecule has 0 N–H and O–H groups in total. The molecule has 2 aliphatic heterocycles. The first-order valence-corrected chi connectivity index (χ1v) is 9.69. The van der Waals surface area contributed by atoms with Crippen LogP contribution in [-0.4, -0.2) is 68.1 Å². The van der Waals surface area contributed by atoms with E-state index in [1.807, 2.05) is 32.0 Å². The van der Waals surface area contributed by atoms with Gasteiger partial charge in [0.25, 0.3) is 5.91 Å². The molecule has 3 rings (SSSR count). The zero-order chi connectivity index (χ0) is 19.6. The summed E-state index contributed by atoms with van der Waals surface area (Å²) in [5, 5.41) is 0.642. The van der Waals surface area contributed by atoms with Crippen molar-refractivity contribution in [1.82, 2.24) is 9.80 Å². The minimum Gasteiger partial charge on any atom is -0.483 e. The van der Waals surface area contributed by atoms with Crippen molar-refractivity contribution in [2.75, 3.05) is 40.3 Å². The highest BCUT2D eigenvalue weighted by Crippen LogP contribution is 2.43. The van der Waals surface area contributed by atoms with Crippen LogP contribution in [0.25, 0.3) is 0 Å². The number of rotatable bonds is 5. The van der Waals surface area contributed by atoms with Gasteiger partial charge in [-0.05, 0) is 57.6 Å². The normalized spacial score (nSPS) is 21.6. The van der Waals surface area contributed by atoms with Crippen molar-refractivity contribution in [2.24, 2.45) is 5.41 Å². The highest BCUT2D eigenvalue weighted by Gasteiger charge is 2.50. The lowest BCUT2D eigenvalue weighted by atomic mass is 9.76. The first-order chi connectivity index (χ1) is 12.8. The molecule has 148 valence electrons. The van der Waals surface area contributed by atoms with E-state index in [0.29, 0.717) is 36.7 Å². The van der Waals surface area contributed by atoms with Crippen LogP contribution in [0.1, 0.15) is 24.8 Å².